The van der Waals surface area contributed by atoms with Crippen LogP contribution in [0, 0.1) is 5.92 Å². The van der Waals surface area contributed by atoms with Crippen LogP contribution in [-0.2, 0) is 0 Å². The number of rotatable bonds is 5. The van der Waals surface area contributed by atoms with Gasteiger partial charge >= 0.3 is 0 Å². The van der Waals surface area contributed by atoms with Gasteiger partial charge in [0.25, 0.3) is 0 Å². The van der Waals surface area contributed by atoms with Crippen molar-refractivity contribution in [1.82, 2.24) is 0 Å². The van der Waals surface area contributed by atoms with Crippen molar-refractivity contribution in [3.8, 4) is 0 Å². The van der Waals surface area contributed by atoms with E-state index in [1.807, 2.05) is 0 Å². The number of hydrogen-bond donors (Lipinski definition) is 3. The van der Waals surface area contributed by atoms with Gasteiger partial charge in [-0.05, 0) is 37.5 Å². The van der Waals surface area contributed by atoms with Crippen molar-refractivity contribution in [3.63, 3.8) is 0 Å². The number of hydrogen-bond acceptors (Lipinski definition) is 3. The first-order chi connectivity index (χ1) is 8.06. The number of nitrogens with two attached hydrogens (primary N) is 2. The van der Waals surface area contributed by atoms with Crippen LogP contribution in [-0.4, -0.2) is 11.9 Å². The van der Waals surface area contributed by atoms with Crippen LogP contribution in [0.2, 0.25) is 0 Å². The van der Waals surface area contributed by atoms with Crippen LogP contribution >= 0.6 is 0 Å². The molecule has 0 aliphatic heterocycles. The molecule has 1 aliphatic carbocycles. The molecule has 1 atom stereocenters. The lowest BCUT2D eigenvalue weighted by Gasteiger charge is -2.17. The third-order valence-corrected chi connectivity index (χ3v) is 3.12. The molecule has 0 aromatic heterocycles. The molecule has 1 unspecified atom stereocenters. The van der Waals surface area contributed by atoms with E-state index in [0.717, 1.165) is 18.0 Å². The average Bonchev–Trinajstić information content (AvgIpc) is 3.04. The minimum absolute atomic E-state index is 0.368. The maximum Gasteiger partial charge on any atom is 0.248 e. The van der Waals surface area contributed by atoms with Gasteiger partial charge in [0, 0.05) is 11.6 Å². The van der Waals surface area contributed by atoms with E-state index < -0.39 is 5.91 Å². The van der Waals surface area contributed by atoms with Gasteiger partial charge in [-0.25, -0.2) is 0 Å². The molecular formula is C13H19N3O. The fourth-order valence-electron chi connectivity index (χ4n) is 2.01. The second kappa shape index (κ2) is 4.65. The fourth-order valence-corrected chi connectivity index (χ4v) is 2.01. The minimum Gasteiger partial charge on any atom is -0.397 e. The van der Waals surface area contributed by atoms with Crippen molar-refractivity contribution in [2.24, 2.45) is 11.7 Å². The molecule has 1 amide bonds. The smallest absolute Gasteiger partial charge is 0.248 e. The van der Waals surface area contributed by atoms with Crippen molar-refractivity contribution < 1.29 is 4.79 Å². The van der Waals surface area contributed by atoms with Crippen LogP contribution in [0.5, 0.6) is 0 Å². The summed E-state index contributed by atoms with van der Waals surface area (Å²) < 4.78 is 0. The lowest BCUT2D eigenvalue weighted by molar-refractivity contribution is 0.100. The second-order valence-corrected chi connectivity index (χ2v) is 4.89. The van der Waals surface area contributed by atoms with E-state index in [9.17, 15) is 4.79 Å². The number of nitrogens with one attached hydrogen (secondary N) is 1. The van der Waals surface area contributed by atoms with Crippen LogP contribution in [0.1, 0.15) is 36.5 Å². The molecule has 92 valence electrons. The quantitative estimate of drug-likeness (QED) is 0.680. The molecule has 2 rings (SSSR count). The molecule has 4 nitrogen and oxygen atoms in total. The molecule has 0 heterocycles. The molecule has 1 aromatic carbocycles. The molecule has 0 saturated heterocycles. The zero-order valence-electron chi connectivity index (χ0n) is 10.1. The summed E-state index contributed by atoms with van der Waals surface area (Å²) in [6, 6.07) is 5.45. The minimum atomic E-state index is -0.428. The van der Waals surface area contributed by atoms with Gasteiger partial charge in [-0.3, -0.25) is 4.79 Å². The Hall–Kier alpha value is -1.71. The average molecular weight is 233 g/mol. The van der Waals surface area contributed by atoms with Crippen molar-refractivity contribution >= 4 is 17.3 Å². The van der Waals surface area contributed by atoms with Crippen LogP contribution in [0.3, 0.4) is 0 Å². The Bertz CT molecular complexity index is 427. The number of anilines is 2. The van der Waals surface area contributed by atoms with Gasteiger partial charge in [0.15, 0.2) is 0 Å². The summed E-state index contributed by atoms with van der Waals surface area (Å²) in [7, 11) is 0. The van der Waals surface area contributed by atoms with E-state index in [1.165, 1.54) is 12.8 Å². The Morgan fingerprint density at radius 1 is 1.53 bits per heavy atom. The molecular weight excluding hydrogens is 214 g/mol. The van der Waals surface area contributed by atoms with Gasteiger partial charge in [0.2, 0.25) is 5.91 Å². The molecule has 17 heavy (non-hydrogen) atoms. The van der Waals surface area contributed by atoms with E-state index in [0.29, 0.717) is 17.3 Å². The predicted molar refractivity (Wildman–Crippen MR) is 69.8 cm³/mol. The van der Waals surface area contributed by atoms with Crippen LogP contribution < -0.4 is 16.8 Å². The number of benzene rings is 1. The maximum absolute atomic E-state index is 11.1. The number of carbonyl (C=O) groups is 1. The van der Waals surface area contributed by atoms with Crippen molar-refractivity contribution in [2.45, 2.75) is 32.2 Å². The molecule has 0 radical (unpaired) electrons. The van der Waals surface area contributed by atoms with Gasteiger partial charge in [0.05, 0.1) is 11.4 Å². The van der Waals surface area contributed by atoms with Crippen molar-refractivity contribution in [2.75, 3.05) is 11.1 Å². The largest absolute Gasteiger partial charge is 0.397 e. The first-order valence-corrected chi connectivity index (χ1v) is 6.02. The Labute approximate surface area is 101 Å². The summed E-state index contributed by atoms with van der Waals surface area (Å²) in [5.41, 5.74) is 13.1. The lowest BCUT2D eigenvalue weighted by atomic mass is 10.1. The van der Waals surface area contributed by atoms with Crippen molar-refractivity contribution in [1.29, 1.82) is 0 Å². The van der Waals surface area contributed by atoms with Gasteiger partial charge < -0.3 is 16.8 Å². The van der Waals surface area contributed by atoms with Crippen LogP contribution in [0.4, 0.5) is 11.4 Å². The number of amides is 1. The number of nitrogen functional groups attached to an aromatic ring is 1. The zero-order valence-corrected chi connectivity index (χ0v) is 10.1. The van der Waals surface area contributed by atoms with Crippen LogP contribution in [0.15, 0.2) is 18.2 Å². The first kappa shape index (κ1) is 11.8. The molecule has 5 N–H and O–H groups in total. The third kappa shape index (κ3) is 3.12. The highest BCUT2D eigenvalue weighted by Gasteiger charge is 2.23. The Morgan fingerprint density at radius 2 is 2.24 bits per heavy atom. The molecule has 1 saturated carbocycles. The standard InChI is InChI=1S/C13H19N3O/c1-8(6-9-2-3-9)16-12-7-10(13(15)17)4-5-11(12)14/h4-5,7-9,16H,2-3,6,14H2,1H3,(H2,15,17). The molecule has 1 aromatic rings. The SMILES string of the molecule is CC(CC1CC1)Nc1cc(C(N)=O)ccc1N. The monoisotopic (exact) mass is 233 g/mol. The molecule has 1 fully saturated rings. The fraction of sp³-hybridized carbons (Fsp3) is 0.462. The first-order valence-electron chi connectivity index (χ1n) is 6.02. The summed E-state index contributed by atoms with van der Waals surface area (Å²) in [6.07, 6.45) is 3.83. The van der Waals surface area contributed by atoms with E-state index in [-0.39, 0.29) is 0 Å². The Balaban J connectivity index is 2.07. The highest BCUT2D eigenvalue weighted by molar-refractivity contribution is 5.94. The zero-order chi connectivity index (χ0) is 12.4. The van der Waals surface area contributed by atoms with Crippen molar-refractivity contribution in [3.05, 3.63) is 23.8 Å². The van der Waals surface area contributed by atoms with E-state index in [1.54, 1.807) is 18.2 Å². The Kier molecular flexibility index (Phi) is 3.22. The highest BCUT2D eigenvalue weighted by atomic mass is 16.1. The Morgan fingerprint density at radius 3 is 2.82 bits per heavy atom. The summed E-state index contributed by atoms with van der Waals surface area (Å²) >= 11 is 0. The highest BCUT2D eigenvalue weighted by Crippen LogP contribution is 2.34. The lowest BCUT2D eigenvalue weighted by Crippen LogP contribution is -2.18. The predicted octanol–water partition coefficient (Wildman–Crippen LogP) is 1.97. The van der Waals surface area contributed by atoms with E-state index in [2.05, 4.69) is 12.2 Å². The summed E-state index contributed by atoms with van der Waals surface area (Å²) in [5.74, 6) is 0.431. The summed E-state index contributed by atoms with van der Waals surface area (Å²) in [5, 5.41) is 3.34. The topological polar surface area (TPSA) is 81.1 Å². The molecule has 0 spiro atoms. The number of primary amides is 1. The third-order valence-electron chi connectivity index (χ3n) is 3.12. The number of carbonyl (C=O) groups excluding carboxylic acids is 1. The summed E-state index contributed by atoms with van der Waals surface area (Å²) in [4.78, 5) is 11.1. The molecule has 1 aliphatic rings. The second-order valence-electron chi connectivity index (χ2n) is 4.89. The van der Waals surface area contributed by atoms with Gasteiger partial charge in [-0.2, -0.15) is 0 Å². The summed E-state index contributed by atoms with van der Waals surface area (Å²) in [6.45, 7) is 2.13. The van der Waals surface area contributed by atoms with E-state index >= 15 is 0 Å². The normalized spacial score (nSPS) is 16.5. The maximum atomic E-state index is 11.1. The van der Waals surface area contributed by atoms with Gasteiger partial charge in [-0.1, -0.05) is 12.8 Å². The molecule has 0 bridgehead atoms. The van der Waals surface area contributed by atoms with Crippen LogP contribution in [0.25, 0.3) is 0 Å². The van der Waals surface area contributed by atoms with Gasteiger partial charge in [-0.15, -0.1) is 0 Å². The van der Waals surface area contributed by atoms with Gasteiger partial charge in [0.1, 0.15) is 0 Å². The van der Waals surface area contributed by atoms with E-state index in [4.69, 9.17) is 11.5 Å². The molecule has 4 heteroatoms.